The number of carbonyl (C=O) groups excluding carboxylic acids is 1. The Hall–Kier alpha value is -1.69. The highest BCUT2D eigenvalue weighted by Gasteiger charge is 2.32. The summed E-state index contributed by atoms with van der Waals surface area (Å²) in [6.45, 7) is 11.1. The van der Waals surface area contributed by atoms with E-state index in [-0.39, 0.29) is 11.9 Å². The third-order valence-electron chi connectivity index (χ3n) is 4.84. The van der Waals surface area contributed by atoms with Crippen molar-refractivity contribution in [3.63, 3.8) is 0 Å². The van der Waals surface area contributed by atoms with Crippen molar-refractivity contribution >= 4 is 5.91 Å². The molecule has 1 aromatic rings. The molecule has 6 nitrogen and oxygen atoms in total. The Balaban J connectivity index is 1.68. The average Bonchev–Trinajstić information content (AvgIpc) is 3.11. The van der Waals surface area contributed by atoms with E-state index in [4.69, 9.17) is 0 Å². The van der Waals surface area contributed by atoms with E-state index < -0.39 is 0 Å². The maximum absolute atomic E-state index is 12.2. The van der Waals surface area contributed by atoms with Crippen molar-refractivity contribution < 1.29 is 4.79 Å². The van der Waals surface area contributed by atoms with Crippen molar-refractivity contribution in [3.8, 4) is 0 Å². The van der Waals surface area contributed by atoms with E-state index in [2.05, 4.69) is 33.2 Å². The minimum absolute atomic E-state index is 0.114. The Morgan fingerprint density at radius 3 is 2.65 bits per heavy atom. The lowest BCUT2D eigenvalue weighted by Crippen LogP contribution is -2.41. The lowest BCUT2D eigenvalue weighted by atomic mass is 10.2. The van der Waals surface area contributed by atoms with E-state index in [1.807, 2.05) is 11.9 Å². The van der Waals surface area contributed by atoms with Gasteiger partial charge in [0.05, 0.1) is 6.54 Å². The zero-order valence-corrected chi connectivity index (χ0v) is 14.5. The molecule has 1 aliphatic heterocycles. The summed E-state index contributed by atoms with van der Waals surface area (Å²) in [4.78, 5) is 16.5. The normalized spacial score (nSPS) is 21.6. The van der Waals surface area contributed by atoms with Gasteiger partial charge in [0.1, 0.15) is 5.82 Å². The molecule has 0 unspecified atom stereocenters. The molecule has 2 aliphatic rings. The molecule has 23 heavy (non-hydrogen) atoms. The Bertz CT molecular complexity index is 604. The number of rotatable bonds is 6. The van der Waals surface area contributed by atoms with E-state index >= 15 is 0 Å². The van der Waals surface area contributed by atoms with Gasteiger partial charge in [-0.05, 0) is 26.2 Å². The molecule has 126 valence electrons. The molecule has 3 rings (SSSR count). The van der Waals surface area contributed by atoms with Crippen molar-refractivity contribution in [2.24, 2.45) is 7.05 Å². The third kappa shape index (κ3) is 3.63. The second kappa shape index (κ2) is 6.43. The van der Waals surface area contributed by atoms with E-state index in [0.29, 0.717) is 12.5 Å². The van der Waals surface area contributed by atoms with Crippen molar-refractivity contribution in [1.82, 2.24) is 24.6 Å². The second-order valence-electron chi connectivity index (χ2n) is 7.09. The molecule has 1 aliphatic carbocycles. The van der Waals surface area contributed by atoms with E-state index in [1.54, 1.807) is 6.92 Å². The van der Waals surface area contributed by atoms with Crippen molar-refractivity contribution in [2.75, 3.05) is 19.6 Å². The zero-order chi connectivity index (χ0) is 16.6. The third-order valence-corrected chi connectivity index (χ3v) is 4.84. The van der Waals surface area contributed by atoms with Crippen molar-refractivity contribution in [3.05, 3.63) is 23.8 Å². The van der Waals surface area contributed by atoms with Gasteiger partial charge in [-0.25, -0.2) is 0 Å². The first-order valence-electron chi connectivity index (χ1n) is 8.47. The van der Waals surface area contributed by atoms with Crippen LogP contribution in [0.3, 0.4) is 0 Å². The van der Waals surface area contributed by atoms with Crippen LogP contribution in [-0.2, 0) is 18.4 Å². The minimum Gasteiger partial charge on any atom is -0.331 e. The standard InChI is InChI=1S/C17H27N5O/c1-12(2)9-21-8-7-15(10-21)22(13(3)23)11-16-18-19-17(20(16)4)14-5-6-14/h14-15H,1,5-11H2,2-4H3/t15-/m0/s1. The largest absolute Gasteiger partial charge is 0.331 e. The summed E-state index contributed by atoms with van der Waals surface area (Å²) in [6, 6.07) is 0.257. The summed E-state index contributed by atoms with van der Waals surface area (Å²) in [5, 5.41) is 8.65. The van der Waals surface area contributed by atoms with Gasteiger partial charge in [-0.2, -0.15) is 0 Å². The highest BCUT2D eigenvalue weighted by molar-refractivity contribution is 5.73. The predicted molar refractivity (Wildman–Crippen MR) is 88.9 cm³/mol. The summed E-state index contributed by atoms with van der Waals surface area (Å²) in [7, 11) is 2.02. The van der Waals surface area contributed by atoms with Crippen LogP contribution in [0.1, 0.15) is 50.7 Å². The number of aromatic nitrogens is 3. The van der Waals surface area contributed by atoms with Crippen molar-refractivity contribution in [1.29, 1.82) is 0 Å². The Morgan fingerprint density at radius 2 is 2.04 bits per heavy atom. The topological polar surface area (TPSA) is 54.3 Å². The highest BCUT2D eigenvalue weighted by Crippen LogP contribution is 2.38. The molecular formula is C17H27N5O. The molecule has 0 aromatic carbocycles. The average molecular weight is 317 g/mol. The molecule has 2 heterocycles. The first-order chi connectivity index (χ1) is 11.0. The highest BCUT2D eigenvalue weighted by atomic mass is 16.2. The van der Waals surface area contributed by atoms with Gasteiger partial charge in [0.25, 0.3) is 0 Å². The van der Waals surface area contributed by atoms with E-state index in [9.17, 15) is 4.79 Å². The van der Waals surface area contributed by atoms with E-state index in [1.165, 1.54) is 18.4 Å². The van der Waals surface area contributed by atoms with Crippen LogP contribution in [0, 0.1) is 0 Å². The van der Waals surface area contributed by atoms with E-state index in [0.717, 1.165) is 37.7 Å². The van der Waals surface area contributed by atoms with Crippen LogP contribution >= 0.6 is 0 Å². The summed E-state index contributed by atoms with van der Waals surface area (Å²) < 4.78 is 2.08. The van der Waals surface area contributed by atoms with Crippen LogP contribution in [0.2, 0.25) is 0 Å². The SMILES string of the molecule is C=C(C)CN1CC[C@H](N(Cc2nnc(C3CC3)n2C)C(C)=O)C1. The molecule has 1 atom stereocenters. The van der Waals surface area contributed by atoms with Gasteiger partial charge in [-0.3, -0.25) is 9.69 Å². The molecule has 0 spiro atoms. The fourth-order valence-corrected chi connectivity index (χ4v) is 3.45. The summed E-state index contributed by atoms with van der Waals surface area (Å²) >= 11 is 0. The van der Waals surface area contributed by atoms with Gasteiger partial charge >= 0.3 is 0 Å². The fourth-order valence-electron chi connectivity index (χ4n) is 3.45. The predicted octanol–water partition coefficient (Wildman–Crippen LogP) is 1.69. The number of nitrogens with zero attached hydrogens (tertiary/aromatic N) is 5. The molecule has 0 N–H and O–H groups in total. The second-order valence-corrected chi connectivity index (χ2v) is 7.09. The zero-order valence-electron chi connectivity index (χ0n) is 14.5. The van der Waals surface area contributed by atoms with Crippen LogP contribution in [0.5, 0.6) is 0 Å². The first kappa shape index (κ1) is 16.2. The first-order valence-corrected chi connectivity index (χ1v) is 8.47. The molecule has 1 aromatic heterocycles. The van der Waals surface area contributed by atoms with Gasteiger partial charge in [-0.1, -0.05) is 12.2 Å². The molecule has 6 heteroatoms. The summed E-state index contributed by atoms with van der Waals surface area (Å²) in [5.41, 5.74) is 1.17. The van der Waals surface area contributed by atoms with Crippen LogP contribution in [0.25, 0.3) is 0 Å². The number of likely N-dealkylation sites (tertiary alicyclic amines) is 1. The number of amides is 1. The molecular weight excluding hydrogens is 290 g/mol. The number of hydrogen-bond donors (Lipinski definition) is 0. The van der Waals surface area contributed by atoms with Crippen LogP contribution < -0.4 is 0 Å². The van der Waals surface area contributed by atoms with Gasteiger partial charge in [0.2, 0.25) is 5.91 Å². The Labute approximate surface area is 138 Å². The number of carbonyl (C=O) groups is 1. The number of hydrogen-bond acceptors (Lipinski definition) is 4. The van der Waals surface area contributed by atoms with Crippen molar-refractivity contribution in [2.45, 2.75) is 51.6 Å². The smallest absolute Gasteiger partial charge is 0.220 e. The Kier molecular flexibility index (Phi) is 4.53. The lowest BCUT2D eigenvalue weighted by Gasteiger charge is -2.27. The monoisotopic (exact) mass is 317 g/mol. The van der Waals surface area contributed by atoms with Gasteiger partial charge in [0.15, 0.2) is 5.82 Å². The van der Waals surface area contributed by atoms with Crippen LogP contribution in [-0.4, -0.2) is 56.1 Å². The lowest BCUT2D eigenvalue weighted by molar-refractivity contribution is -0.131. The molecule has 0 radical (unpaired) electrons. The molecule has 1 amide bonds. The maximum Gasteiger partial charge on any atom is 0.220 e. The molecule has 0 bridgehead atoms. The maximum atomic E-state index is 12.2. The summed E-state index contributed by atoms with van der Waals surface area (Å²) in [5.74, 6) is 2.65. The van der Waals surface area contributed by atoms with Crippen LogP contribution in [0.15, 0.2) is 12.2 Å². The fraction of sp³-hybridized carbons (Fsp3) is 0.706. The quantitative estimate of drug-likeness (QED) is 0.749. The van der Waals surface area contributed by atoms with Gasteiger partial charge < -0.3 is 9.47 Å². The van der Waals surface area contributed by atoms with Gasteiger partial charge in [0, 0.05) is 45.6 Å². The molecule has 1 saturated carbocycles. The van der Waals surface area contributed by atoms with Crippen LogP contribution in [0.4, 0.5) is 0 Å². The van der Waals surface area contributed by atoms with Gasteiger partial charge in [-0.15, -0.1) is 10.2 Å². The minimum atomic E-state index is 0.114. The Morgan fingerprint density at radius 1 is 1.30 bits per heavy atom. The summed E-state index contributed by atoms with van der Waals surface area (Å²) in [6.07, 6.45) is 3.43. The molecule has 2 fully saturated rings. The molecule has 1 saturated heterocycles.